The molecule has 0 radical (unpaired) electrons. The summed E-state index contributed by atoms with van der Waals surface area (Å²) in [5.74, 6) is -1.18. The van der Waals surface area contributed by atoms with Crippen molar-refractivity contribution in [3.05, 3.63) is 59.7 Å². The maximum Gasteiger partial charge on any atom is 0.262 e. The number of nitrogens with two attached hydrogens (primary N) is 1. The van der Waals surface area contributed by atoms with Crippen LogP contribution in [0.1, 0.15) is 5.56 Å². The summed E-state index contributed by atoms with van der Waals surface area (Å²) in [6.45, 7) is -0.0290. The van der Waals surface area contributed by atoms with Crippen molar-refractivity contribution >= 4 is 15.7 Å². The van der Waals surface area contributed by atoms with E-state index < -0.39 is 21.7 Å². The van der Waals surface area contributed by atoms with E-state index in [4.69, 9.17) is 5.73 Å². The first-order valence-corrected chi connectivity index (χ1v) is 7.17. The van der Waals surface area contributed by atoms with Gasteiger partial charge < -0.3 is 5.73 Å². The molecule has 2 aromatic carbocycles. The van der Waals surface area contributed by atoms with Gasteiger partial charge in [0, 0.05) is 6.54 Å². The van der Waals surface area contributed by atoms with Crippen LogP contribution in [0, 0.1) is 11.6 Å². The van der Waals surface area contributed by atoms with Crippen LogP contribution in [0.2, 0.25) is 0 Å². The van der Waals surface area contributed by atoms with Crippen molar-refractivity contribution in [1.82, 2.24) is 0 Å². The molecule has 0 amide bonds. The van der Waals surface area contributed by atoms with Crippen molar-refractivity contribution in [3.63, 3.8) is 0 Å². The largest absolute Gasteiger partial charge is 0.326 e. The van der Waals surface area contributed by atoms with Crippen LogP contribution in [-0.4, -0.2) is 8.42 Å². The molecule has 0 bridgehead atoms. The smallest absolute Gasteiger partial charge is 0.262 e. The van der Waals surface area contributed by atoms with Gasteiger partial charge in [-0.3, -0.25) is 4.72 Å². The summed E-state index contributed by atoms with van der Waals surface area (Å²) < 4.78 is 52.6. The van der Waals surface area contributed by atoms with E-state index in [1.54, 1.807) is 0 Å². The average molecular weight is 298 g/mol. The lowest BCUT2D eigenvalue weighted by Gasteiger charge is -2.11. The van der Waals surface area contributed by atoms with E-state index in [-0.39, 0.29) is 17.1 Å². The van der Waals surface area contributed by atoms with Crippen molar-refractivity contribution in [2.45, 2.75) is 11.4 Å². The van der Waals surface area contributed by atoms with E-state index in [9.17, 15) is 17.2 Å². The summed E-state index contributed by atoms with van der Waals surface area (Å²) >= 11 is 0. The van der Waals surface area contributed by atoms with E-state index in [0.29, 0.717) is 5.56 Å². The first-order valence-electron chi connectivity index (χ1n) is 5.69. The predicted octanol–water partition coefficient (Wildman–Crippen LogP) is 2.22. The zero-order valence-corrected chi connectivity index (χ0v) is 11.1. The molecule has 0 atom stereocenters. The molecular formula is C13H12F2N2O2S. The first-order chi connectivity index (χ1) is 9.42. The lowest BCUT2D eigenvalue weighted by Crippen LogP contribution is -2.15. The van der Waals surface area contributed by atoms with E-state index >= 15 is 0 Å². The molecule has 0 aliphatic carbocycles. The number of hydrogen-bond donors (Lipinski definition) is 2. The van der Waals surface area contributed by atoms with Gasteiger partial charge in [-0.25, -0.2) is 17.2 Å². The molecule has 4 nitrogen and oxygen atoms in total. The fourth-order valence-corrected chi connectivity index (χ4v) is 2.80. The number of hydrogen-bond acceptors (Lipinski definition) is 3. The van der Waals surface area contributed by atoms with Gasteiger partial charge in [0.05, 0.1) is 10.6 Å². The maximum atomic E-state index is 13.1. The van der Waals surface area contributed by atoms with Gasteiger partial charge in [0.2, 0.25) is 0 Å². The highest BCUT2D eigenvalue weighted by Gasteiger charge is 2.16. The van der Waals surface area contributed by atoms with Gasteiger partial charge >= 0.3 is 0 Å². The molecular weight excluding hydrogens is 286 g/mol. The second-order valence-electron chi connectivity index (χ2n) is 4.07. The third-order valence-electron chi connectivity index (χ3n) is 2.64. The monoisotopic (exact) mass is 298 g/mol. The normalized spacial score (nSPS) is 11.3. The summed E-state index contributed by atoms with van der Waals surface area (Å²) in [5, 5.41) is 0. The molecule has 0 spiro atoms. The lowest BCUT2D eigenvalue weighted by molar-refractivity contribution is 0.595. The third-order valence-corrected chi connectivity index (χ3v) is 4.00. The molecule has 0 fully saturated rings. The topological polar surface area (TPSA) is 72.2 Å². The molecule has 3 N–H and O–H groups in total. The van der Waals surface area contributed by atoms with E-state index in [1.807, 2.05) is 0 Å². The van der Waals surface area contributed by atoms with E-state index in [1.165, 1.54) is 18.2 Å². The van der Waals surface area contributed by atoms with Crippen LogP contribution in [0.4, 0.5) is 14.5 Å². The number of benzene rings is 2. The molecule has 0 unspecified atom stereocenters. The predicted molar refractivity (Wildman–Crippen MR) is 71.5 cm³/mol. The third kappa shape index (κ3) is 3.12. The van der Waals surface area contributed by atoms with Crippen molar-refractivity contribution in [2.75, 3.05) is 4.72 Å². The van der Waals surface area contributed by atoms with E-state index in [0.717, 1.165) is 24.3 Å². The molecule has 106 valence electrons. The minimum absolute atomic E-state index is 0.0290. The second-order valence-corrected chi connectivity index (χ2v) is 5.75. The van der Waals surface area contributed by atoms with Crippen molar-refractivity contribution in [1.29, 1.82) is 0 Å². The van der Waals surface area contributed by atoms with Crippen molar-refractivity contribution in [3.8, 4) is 0 Å². The Hall–Kier alpha value is -1.99. The summed E-state index contributed by atoms with van der Waals surface area (Å²) in [7, 11) is -3.95. The molecule has 0 aliphatic rings. The number of rotatable bonds is 4. The minimum atomic E-state index is -3.95. The van der Waals surface area contributed by atoms with Gasteiger partial charge in [0.15, 0.2) is 0 Å². The Morgan fingerprint density at radius 2 is 1.75 bits per heavy atom. The highest BCUT2D eigenvalue weighted by Crippen LogP contribution is 2.21. The lowest BCUT2D eigenvalue weighted by atomic mass is 10.2. The first kappa shape index (κ1) is 14.4. The fourth-order valence-electron chi connectivity index (χ4n) is 1.67. The Labute approximate surface area is 115 Å². The SMILES string of the molecule is NCc1cc(F)ccc1NS(=O)(=O)c1cccc(F)c1. The highest BCUT2D eigenvalue weighted by atomic mass is 32.2. The molecule has 0 saturated carbocycles. The van der Waals surface area contributed by atoms with Crippen LogP contribution >= 0.6 is 0 Å². The van der Waals surface area contributed by atoms with Crippen molar-refractivity contribution in [2.24, 2.45) is 5.73 Å². The average Bonchev–Trinajstić information content (AvgIpc) is 2.40. The molecule has 2 aromatic rings. The van der Waals surface area contributed by atoms with Crippen LogP contribution in [0.15, 0.2) is 47.4 Å². The number of anilines is 1. The number of halogens is 2. The molecule has 0 heterocycles. The zero-order chi connectivity index (χ0) is 14.8. The van der Waals surface area contributed by atoms with Crippen LogP contribution in [0.3, 0.4) is 0 Å². The zero-order valence-electron chi connectivity index (χ0n) is 10.3. The van der Waals surface area contributed by atoms with Gasteiger partial charge in [-0.2, -0.15) is 0 Å². The molecule has 2 rings (SSSR count). The Morgan fingerprint density at radius 3 is 2.40 bits per heavy atom. The van der Waals surface area contributed by atoms with Gasteiger partial charge in [0.1, 0.15) is 11.6 Å². The summed E-state index contributed by atoms with van der Waals surface area (Å²) in [6, 6.07) is 8.12. The molecule has 7 heteroatoms. The molecule has 0 aromatic heterocycles. The van der Waals surface area contributed by atoms with Crippen LogP contribution < -0.4 is 10.5 Å². The van der Waals surface area contributed by atoms with Gasteiger partial charge in [0.25, 0.3) is 10.0 Å². The number of sulfonamides is 1. The molecule has 20 heavy (non-hydrogen) atoms. The summed E-state index contributed by atoms with van der Waals surface area (Å²) in [4.78, 5) is -0.218. The number of nitrogens with one attached hydrogen (secondary N) is 1. The van der Waals surface area contributed by atoms with Gasteiger partial charge in [-0.1, -0.05) is 6.07 Å². The molecule has 0 aliphatic heterocycles. The van der Waals surface area contributed by atoms with Crippen LogP contribution in [0.25, 0.3) is 0 Å². The van der Waals surface area contributed by atoms with Gasteiger partial charge in [-0.15, -0.1) is 0 Å². The minimum Gasteiger partial charge on any atom is -0.326 e. The summed E-state index contributed by atoms with van der Waals surface area (Å²) in [6.07, 6.45) is 0. The van der Waals surface area contributed by atoms with Gasteiger partial charge in [-0.05, 0) is 42.0 Å². The van der Waals surface area contributed by atoms with Crippen LogP contribution in [-0.2, 0) is 16.6 Å². The van der Waals surface area contributed by atoms with Crippen LogP contribution in [0.5, 0.6) is 0 Å². The Bertz CT molecular complexity index is 733. The Morgan fingerprint density at radius 1 is 1.05 bits per heavy atom. The highest BCUT2D eigenvalue weighted by molar-refractivity contribution is 7.92. The summed E-state index contributed by atoms with van der Waals surface area (Å²) in [5.41, 5.74) is 5.91. The quantitative estimate of drug-likeness (QED) is 0.909. The van der Waals surface area contributed by atoms with E-state index in [2.05, 4.69) is 4.72 Å². The Kier molecular flexibility index (Phi) is 4.01. The standard InChI is InChI=1S/C13H12F2N2O2S/c14-10-2-1-3-12(7-10)20(18,19)17-13-5-4-11(15)6-9(13)8-16/h1-7,17H,8,16H2. The fraction of sp³-hybridized carbons (Fsp3) is 0.0769. The second kappa shape index (κ2) is 5.56. The maximum absolute atomic E-state index is 13.1. The molecule has 0 saturated heterocycles. The van der Waals surface area contributed by atoms with Crippen molar-refractivity contribution < 1.29 is 17.2 Å². The Balaban J connectivity index is 2.38.